The van der Waals surface area contributed by atoms with Gasteiger partial charge in [-0.15, -0.1) is 0 Å². The number of unbranched alkanes of at least 4 members (excludes halogenated alkanes) is 1. The van der Waals surface area contributed by atoms with Crippen molar-refractivity contribution in [2.45, 2.75) is 59.9 Å². The van der Waals surface area contributed by atoms with E-state index in [1.165, 1.54) is 5.01 Å². The van der Waals surface area contributed by atoms with E-state index in [9.17, 15) is 14.4 Å². The standard InChI is InChI=1S/C13H16N2O2.C6H14O4.C5H11NO2.C4H10O/c1-2-3-9-11-12(16)14-15(13(11)17)10-7-5-4-6-8-10;7-1-3-9-5-6-10-4-2-8;1-3(2)4(6)5(7)8;1-3-5-4-2/h4-8,11H,2-3,9H2,1H3,(H,14,16);7-8H,1-6H2;3-4H,6H2,1-2H3,(H,7,8);3-4H2,1-2H3/t;;4-;/m..0./s1. The van der Waals surface area contributed by atoms with E-state index in [0.29, 0.717) is 38.5 Å². The second-order valence-corrected chi connectivity index (χ2v) is 8.74. The largest absolute Gasteiger partial charge is 0.480 e. The molecule has 1 aliphatic rings. The minimum atomic E-state index is -0.931. The maximum atomic E-state index is 12.1. The second-order valence-electron chi connectivity index (χ2n) is 8.74. The van der Waals surface area contributed by atoms with Crippen molar-refractivity contribution < 1.29 is 43.9 Å². The normalized spacial score (nSPS) is 14.7. The van der Waals surface area contributed by atoms with E-state index >= 15 is 0 Å². The molecule has 1 aromatic carbocycles. The van der Waals surface area contributed by atoms with Gasteiger partial charge in [-0.25, -0.2) is 5.01 Å². The third kappa shape index (κ3) is 19.4. The molecule has 2 rings (SSSR count). The maximum absolute atomic E-state index is 12.1. The van der Waals surface area contributed by atoms with Crippen molar-refractivity contribution in [2.24, 2.45) is 17.6 Å². The number of ether oxygens (including phenoxy) is 3. The van der Waals surface area contributed by atoms with Crippen LogP contribution < -0.4 is 16.2 Å². The number of carboxylic acids is 1. The molecule has 0 aliphatic carbocycles. The van der Waals surface area contributed by atoms with Crippen LogP contribution in [-0.2, 0) is 28.6 Å². The zero-order chi connectivity index (χ0) is 30.8. The van der Waals surface area contributed by atoms with Crippen molar-refractivity contribution in [3.8, 4) is 0 Å². The number of aliphatic hydroxyl groups is 2. The average molecular weight is 574 g/mol. The highest BCUT2D eigenvalue weighted by atomic mass is 16.5. The summed E-state index contributed by atoms with van der Waals surface area (Å²) in [5, 5.41) is 26.1. The van der Waals surface area contributed by atoms with Gasteiger partial charge in [0.2, 0.25) is 0 Å². The van der Waals surface area contributed by atoms with Crippen LogP contribution in [0.4, 0.5) is 5.69 Å². The fourth-order valence-corrected chi connectivity index (χ4v) is 2.88. The number of carboxylic acid groups (broad SMARTS) is 1. The van der Waals surface area contributed by atoms with Gasteiger partial charge in [0.15, 0.2) is 0 Å². The molecule has 1 aromatic rings. The molecule has 1 heterocycles. The second kappa shape index (κ2) is 26.6. The summed E-state index contributed by atoms with van der Waals surface area (Å²) in [6.07, 6.45) is 2.51. The summed E-state index contributed by atoms with van der Waals surface area (Å²) in [5.74, 6) is -1.76. The molecule has 12 heteroatoms. The van der Waals surface area contributed by atoms with E-state index in [0.717, 1.165) is 26.1 Å². The Morgan fingerprint density at radius 3 is 1.82 bits per heavy atom. The fourth-order valence-electron chi connectivity index (χ4n) is 2.88. The van der Waals surface area contributed by atoms with Crippen LogP contribution in [0.25, 0.3) is 0 Å². The van der Waals surface area contributed by atoms with E-state index in [-0.39, 0.29) is 30.9 Å². The molecule has 1 unspecified atom stereocenters. The van der Waals surface area contributed by atoms with Crippen LogP contribution in [0.3, 0.4) is 0 Å². The number of benzene rings is 1. The van der Waals surface area contributed by atoms with E-state index in [1.54, 1.807) is 26.0 Å². The van der Waals surface area contributed by atoms with Gasteiger partial charge in [0.1, 0.15) is 12.0 Å². The van der Waals surface area contributed by atoms with Gasteiger partial charge in [-0.2, -0.15) is 0 Å². The van der Waals surface area contributed by atoms with Crippen LogP contribution in [0.2, 0.25) is 0 Å². The predicted octanol–water partition coefficient (Wildman–Crippen LogP) is 1.97. The number of nitrogens with zero attached hydrogens (tertiary/aromatic N) is 1. The topological polar surface area (TPSA) is 181 Å². The monoisotopic (exact) mass is 573 g/mol. The van der Waals surface area contributed by atoms with Crippen molar-refractivity contribution in [1.82, 2.24) is 5.43 Å². The third-order valence-corrected chi connectivity index (χ3v) is 5.17. The number of nitrogens with one attached hydrogen (secondary N) is 1. The van der Waals surface area contributed by atoms with Gasteiger partial charge >= 0.3 is 5.97 Å². The number of carbonyl (C=O) groups excluding carboxylic acids is 2. The van der Waals surface area contributed by atoms with Crippen LogP contribution in [0, 0.1) is 11.8 Å². The Hall–Kier alpha value is -2.61. The lowest BCUT2D eigenvalue weighted by molar-refractivity contribution is -0.139. The molecule has 1 fully saturated rings. The molecule has 2 amide bonds. The number of amides is 2. The number of rotatable bonds is 15. The summed E-state index contributed by atoms with van der Waals surface area (Å²) in [7, 11) is 0. The van der Waals surface area contributed by atoms with Crippen molar-refractivity contribution >= 4 is 23.5 Å². The summed E-state index contributed by atoms with van der Waals surface area (Å²) in [5.41, 5.74) is 8.50. The van der Waals surface area contributed by atoms with Crippen molar-refractivity contribution in [3.63, 3.8) is 0 Å². The Balaban J connectivity index is 0. The first kappa shape index (κ1) is 39.5. The molecule has 0 radical (unpaired) electrons. The lowest BCUT2D eigenvalue weighted by atomic mass is 10.0. The number of para-hydroxylation sites is 1. The van der Waals surface area contributed by atoms with Crippen LogP contribution in [0.1, 0.15) is 53.9 Å². The van der Waals surface area contributed by atoms with Gasteiger partial charge in [-0.05, 0) is 38.3 Å². The van der Waals surface area contributed by atoms with Crippen LogP contribution in [0.15, 0.2) is 30.3 Å². The molecular weight excluding hydrogens is 522 g/mol. The number of hydrogen-bond acceptors (Lipinski definition) is 9. The summed E-state index contributed by atoms with van der Waals surface area (Å²) in [4.78, 5) is 33.8. The molecule has 0 saturated carbocycles. The molecule has 0 spiro atoms. The smallest absolute Gasteiger partial charge is 0.320 e. The summed E-state index contributed by atoms with van der Waals surface area (Å²) < 4.78 is 14.6. The Bertz CT molecular complexity index is 757. The Morgan fingerprint density at radius 1 is 0.950 bits per heavy atom. The predicted molar refractivity (Wildman–Crippen MR) is 154 cm³/mol. The van der Waals surface area contributed by atoms with Gasteiger partial charge in [-0.3, -0.25) is 19.8 Å². The van der Waals surface area contributed by atoms with Crippen molar-refractivity contribution in [1.29, 1.82) is 0 Å². The number of hydrogen-bond donors (Lipinski definition) is 5. The average Bonchev–Trinajstić information content (AvgIpc) is 3.23. The minimum Gasteiger partial charge on any atom is -0.480 e. The van der Waals surface area contributed by atoms with Crippen LogP contribution in [0.5, 0.6) is 0 Å². The summed E-state index contributed by atoms with van der Waals surface area (Å²) in [6.45, 7) is 13.0. The van der Waals surface area contributed by atoms with Crippen molar-refractivity contribution in [3.05, 3.63) is 30.3 Å². The molecule has 1 saturated heterocycles. The van der Waals surface area contributed by atoms with Crippen molar-refractivity contribution in [2.75, 3.05) is 57.9 Å². The van der Waals surface area contributed by atoms with E-state index in [1.807, 2.05) is 39.0 Å². The van der Waals surface area contributed by atoms with E-state index < -0.39 is 17.9 Å². The summed E-state index contributed by atoms with van der Waals surface area (Å²) >= 11 is 0. The molecule has 6 N–H and O–H groups in total. The maximum Gasteiger partial charge on any atom is 0.320 e. The first-order valence-corrected chi connectivity index (χ1v) is 13.7. The van der Waals surface area contributed by atoms with Crippen LogP contribution >= 0.6 is 0 Å². The number of aliphatic carboxylic acids is 1. The number of aliphatic hydroxyl groups excluding tert-OH is 2. The minimum absolute atomic E-state index is 0.0208. The lowest BCUT2D eigenvalue weighted by Crippen LogP contribution is -2.35. The summed E-state index contributed by atoms with van der Waals surface area (Å²) in [6, 6.07) is 8.46. The van der Waals surface area contributed by atoms with Gasteiger partial charge in [-0.1, -0.05) is 51.8 Å². The molecule has 12 nitrogen and oxygen atoms in total. The number of nitrogens with two attached hydrogens (primary N) is 1. The zero-order valence-electron chi connectivity index (χ0n) is 24.7. The zero-order valence-corrected chi connectivity index (χ0v) is 24.7. The van der Waals surface area contributed by atoms with Gasteiger partial charge in [0.25, 0.3) is 11.8 Å². The molecule has 0 bridgehead atoms. The fraction of sp³-hybridized carbons (Fsp3) is 0.679. The van der Waals surface area contributed by atoms with Gasteiger partial charge in [0, 0.05) is 13.2 Å². The SMILES string of the molecule is CC(C)[C@H](N)C(=O)O.CCCCC1C(=O)NN(c2ccccc2)C1=O.CCOCC.OCCOCCOCCO. The Morgan fingerprint density at radius 2 is 1.48 bits per heavy atom. The first-order valence-electron chi connectivity index (χ1n) is 13.7. The van der Waals surface area contributed by atoms with E-state index in [2.05, 4.69) is 5.43 Å². The quantitative estimate of drug-likeness (QED) is 0.154. The van der Waals surface area contributed by atoms with Gasteiger partial charge < -0.3 is 35.3 Å². The molecule has 0 aromatic heterocycles. The van der Waals surface area contributed by atoms with Gasteiger partial charge in [0.05, 0.1) is 45.3 Å². The number of carbonyl (C=O) groups is 3. The number of hydrazine groups is 1. The molecule has 2 atom stereocenters. The Labute approximate surface area is 238 Å². The Kier molecular flexibility index (Phi) is 26.3. The van der Waals surface area contributed by atoms with E-state index in [4.69, 9.17) is 35.3 Å². The highest BCUT2D eigenvalue weighted by Gasteiger charge is 2.39. The molecule has 1 aliphatic heterocycles. The highest BCUT2D eigenvalue weighted by molar-refractivity contribution is 6.14. The number of anilines is 1. The lowest BCUT2D eigenvalue weighted by Gasteiger charge is -2.14. The molecule has 40 heavy (non-hydrogen) atoms. The first-order chi connectivity index (χ1) is 19.1. The molecule has 232 valence electrons. The van der Waals surface area contributed by atoms with Crippen LogP contribution in [-0.4, -0.2) is 92.0 Å². The third-order valence-electron chi connectivity index (χ3n) is 5.17. The highest BCUT2D eigenvalue weighted by Crippen LogP contribution is 2.22. The molecular formula is C28H51N3O9.